The minimum absolute atomic E-state index is 0.630. The molecule has 0 saturated heterocycles. The molecule has 2 heterocycles. The first-order valence-corrected chi connectivity index (χ1v) is 11.4. The molecule has 0 atom stereocenters. The molecular weight excluding hydrogens is 414 g/mol. The predicted octanol–water partition coefficient (Wildman–Crippen LogP) is 6.94. The SMILES string of the molecule is c1ccc(C(c2ccccc2)(c2ccccc2)n2cc3c(-c4cccnc4)cccc3n2)cc1. The lowest BCUT2D eigenvalue weighted by molar-refractivity contribution is 0.464. The Hall–Kier alpha value is -4.50. The Bertz CT molecular complexity index is 1430. The van der Waals surface area contributed by atoms with Crippen LogP contribution in [-0.4, -0.2) is 14.8 Å². The van der Waals surface area contributed by atoms with E-state index in [0.29, 0.717) is 0 Å². The highest BCUT2D eigenvalue weighted by Gasteiger charge is 2.39. The lowest BCUT2D eigenvalue weighted by Gasteiger charge is -2.36. The van der Waals surface area contributed by atoms with Crippen LogP contribution >= 0.6 is 0 Å². The highest BCUT2D eigenvalue weighted by atomic mass is 15.3. The molecule has 0 unspecified atom stereocenters. The molecule has 34 heavy (non-hydrogen) atoms. The quantitative estimate of drug-likeness (QED) is 0.274. The zero-order valence-corrected chi connectivity index (χ0v) is 18.6. The van der Waals surface area contributed by atoms with Gasteiger partial charge in [-0.05, 0) is 34.4 Å². The van der Waals surface area contributed by atoms with Gasteiger partial charge < -0.3 is 0 Å². The van der Waals surface area contributed by atoms with Crippen LogP contribution in [0, 0.1) is 0 Å². The third-order valence-electron chi connectivity index (χ3n) is 6.44. The van der Waals surface area contributed by atoms with E-state index in [9.17, 15) is 0 Å². The molecule has 4 aromatic carbocycles. The molecule has 0 radical (unpaired) electrons. The fourth-order valence-electron chi connectivity index (χ4n) is 4.92. The summed E-state index contributed by atoms with van der Waals surface area (Å²) in [6.45, 7) is 0. The highest BCUT2D eigenvalue weighted by Crippen LogP contribution is 2.41. The predicted molar refractivity (Wildman–Crippen MR) is 138 cm³/mol. The van der Waals surface area contributed by atoms with Gasteiger partial charge in [0.1, 0.15) is 5.54 Å². The van der Waals surface area contributed by atoms with Crippen molar-refractivity contribution in [2.75, 3.05) is 0 Å². The van der Waals surface area contributed by atoms with E-state index in [2.05, 4.69) is 131 Å². The van der Waals surface area contributed by atoms with Crippen LogP contribution in [0.25, 0.3) is 22.0 Å². The van der Waals surface area contributed by atoms with E-state index in [1.807, 2.05) is 12.3 Å². The molecule has 0 amide bonds. The molecule has 0 bridgehead atoms. The number of nitrogens with zero attached hydrogens (tertiary/aromatic N) is 3. The molecule has 0 spiro atoms. The van der Waals surface area contributed by atoms with Crippen LogP contribution in [0.2, 0.25) is 0 Å². The second-order valence-electron chi connectivity index (χ2n) is 8.36. The van der Waals surface area contributed by atoms with E-state index < -0.39 is 5.54 Å². The van der Waals surface area contributed by atoms with Gasteiger partial charge in [0.15, 0.2) is 0 Å². The van der Waals surface area contributed by atoms with Crippen LogP contribution in [-0.2, 0) is 5.54 Å². The lowest BCUT2D eigenvalue weighted by Crippen LogP contribution is -2.38. The van der Waals surface area contributed by atoms with Crippen molar-refractivity contribution < 1.29 is 0 Å². The van der Waals surface area contributed by atoms with E-state index in [1.54, 1.807) is 6.20 Å². The summed E-state index contributed by atoms with van der Waals surface area (Å²) in [6.07, 6.45) is 5.90. The first-order valence-electron chi connectivity index (χ1n) is 11.4. The second kappa shape index (κ2) is 8.45. The Labute approximate surface area is 199 Å². The third kappa shape index (κ3) is 3.22. The number of pyridine rings is 1. The number of hydrogen-bond donors (Lipinski definition) is 0. The Morgan fingerprint density at radius 1 is 0.559 bits per heavy atom. The standard InChI is InChI=1S/C31H23N3/c1-4-13-25(14-5-1)31(26-15-6-2-7-16-26,27-17-8-3-9-18-27)34-23-29-28(19-10-20-30(29)33-34)24-12-11-21-32-22-24/h1-23H. The zero-order valence-electron chi connectivity index (χ0n) is 18.6. The summed E-state index contributed by atoms with van der Waals surface area (Å²) >= 11 is 0. The maximum absolute atomic E-state index is 5.20. The largest absolute Gasteiger partial charge is 0.264 e. The minimum Gasteiger partial charge on any atom is -0.264 e. The van der Waals surface area contributed by atoms with Crippen LogP contribution in [0.1, 0.15) is 16.7 Å². The average molecular weight is 438 g/mol. The van der Waals surface area contributed by atoms with Crippen LogP contribution in [0.5, 0.6) is 0 Å². The number of aromatic nitrogens is 3. The Morgan fingerprint density at radius 3 is 1.68 bits per heavy atom. The summed E-state index contributed by atoms with van der Waals surface area (Å²) in [6, 6.07) is 42.3. The van der Waals surface area contributed by atoms with Gasteiger partial charge in [0.2, 0.25) is 0 Å². The number of benzene rings is 4. The van der Waals surface area contributed by atoms with Crippen molar-refractivity contribution in [2.45, 2.75) is 5.54 Å². The van der Waals surface area contributed by atoms with Crippen molar-refractivity contribution in [3.63, 3.8) is 0 Å². The lowest BCUT2D eigenvalue weighted by atomic mass is 9.77. The molecule has 0 saturated carbocycles. The van der Waals surface area contributed by atoms with Gasteiger partial charge in [0, 0.05) is 29.5 Å². The molecule has 6 rings (SSSR count). The molecular formula is C31H23N3. The minimum atomic E-state index is -0.630. The Kier molecular flexibility index (Phi) is 5.00. The van der Waals surface area contributed by atoms with Crippen LogP contribution in [0.15, 0.2) is 140 Å². The van der Waals surface area contributed by atoms with E-state index in [1.165, 1.54) is 0 Å². The van der Waals surface area contributed by atoms with Gasteiger partial charge in [-0.2, -0.15) is 5.10 Å². The fourth-order valence-corrected chi connectivity index (χ4v) is 4.92. The van der Waals surface area contributed by atoms with E-state index in [0.717, 1.165) is 38.7 Å². The number of rotatable bonds is 5. The van der Waals surface area contributed by atoms with Gasteiger partial charge in [-0.1, -0.05) is 109 Å². The molecule has 2 aromatic heterocycles. The molecule has 3 nitrogen and oxygen atoms in total. The monoisotopic (exact) mass is 437 g/mol. The van der Waals surface area contributed by atoms with Gasteiger partial charge in [-0.15, -0.1) is 0 Å². The van der Waals surface area contributed by atoms with Crippen molar-refractivity contribution in [2.24, 2.45) is 0 Å². The summed E-state index contributed by atoms with van der Waals surface area (Å²) in [5.41, 5.74) is 6.00. The zero-order chi connectivity index (χ0) is 22.8. The summed E-state index contributed by atoms with van der Waals surface area (Å²) in [5, 5.41) is 6.30. The van der Waals surface area contributed by atoms with Crippen LogP contribution < -0.4 is 0 Å². The second-order valence-corrected chi connectivity index (χ2v) is 8.36. The fraction of sp³-hybridized carbons (Fsp3) is 0.0323. The van der Waals surface area contributed by atoms with E-state index >= 15 is 0 Å². The van der Waals surface area contributed by atoms with Gasteiger partial charge in [0.05, 0.1) is 5.52 Å². The van der Waals surface area contributed by atoms with Crippen molar-refractivity contribution >= 4 is 10.9 Å². The molecule has 6 aromatic rings. The van der Waals surface area contributed by atoms with Gasteiger partial charge in [-0.25, -0.2) is 0 Å². The normalized spacial score (nSPS) is 11.5. The third-order valence-corrected chi connectivity index (χ3v) is 6.44. The molecule has 0 N–H and O–H groups in total. The molecule has 0 aliphatic carbocycles. The Balaban J connectivity index is 1.71. The van der Waals surface area contributed by atoms with Crippen molar-refractivity contribution in [1.29, 1.82) is 0 Å². The summed E-state index contributed by atoms with van der Waals surface area (Å²) < 4.78 is 2.14. The number of hydrogen-bond acceptors (Lipinski definition) is 2. The smallest absolute Gasteiger partial charge is 0.138 e. The van der Waals surface area contributed by atoms with Gasteiger partial charge >= 0.3 is 0 Å². The molecule has 162 valence electrons. The maximum Gasteiger partial charge on any atom is 0.138 e. The average Bonchev–Trinajstić information content (AvgIpc) is 3.36. The van der Waals surface area contributed by atoms with Gasteiger partial charge in [-0.3, -0.25) is 9.67 Å². The molecule has 0 fully saturated rings. The summed E-state index contributed by atoms with van der Waals surface area (Å²) in [5.74, 6) is 0. The van der Waals surface area contributed by atoms with Crippen molar-refractivity contribution in [3.8, 4) is 11.1 Å². The summed E-state index contributed by atoms with van der Waals surface area (Å²) in [7, 11) is 0. The molecule has 3 heteroatoms. The topological polar surface area (TPSA) is 30.7 Å². The first-order chi connectivity index (χ1) is 16.9. The first kappa shape index (κ1) is 20.1. The Morgan fingerprint density at radius 2 is 1.15 bits per heavy atom. The molecule has 0 aliphatic heterocycles. The van der Waals surface area contributed by atoms with Crippen molar-refractivity contribution in [3.05, 3.63) is 157 Å². The highest BCUT2D eigenvalue weighted by molar-refractivity contribution is 5.94. The van der Waals surface area contributed by atoms with E-state index in [4.69, 9.17) is 5.10 Å². The summed E-state index contributed by atoms with van der Waals surface area (Å²) in [4.78, 5) is 4.34. The maximum atomic E-state index is 5.20. The molecule has 0 aliphatic rings. The van der Waals surface area contributed by atoms with E-state index in [-0.39, 0.29) is 0 Å². The number of fused-ring (bicyclic) bond motifs is 1. The van der Waals surface area contributed by atoms with Crippen LogP contribution in [0.4, 0.5) is 0 Å². The van der Waals surface area contributed by atoms with Crippen molar-refractivity contribution in [1.82, 2.24) is 14.8 Å². The van der Waals surface area contributed by atoms with Crippen LogP contribution in [0.3, 0.4) is 0 Å². The van der Waals surface area contributed by atoms with Gasteiger partial charge in [0.25, 0.3) is 0 Å².